The van der Waals surface area contributed by atoms with Crippen molar-refractivity contribution in [3.63, 3.8) is 0 Å². The highest BCUT2D eigenvalue weighted by molar-refractivity contribution is 5.91. The zero-order chi connectivity index (χ0) is 11.5. The van der Waals surface area contributed by atoms with Crippen molar-refractivity contribution in [3.8, 4) is 0 Å². The molecule has 2 rings (SSSR count). The van der Waals surface area contributed by atoms with Gasteiger partial charge < -0.3 is 5.32 Å². The maximum atomic E-state index is 4.40. The standard InChI is InChI=1S/C14H18N2/c1-4-11(3)16-13-7-8-15-14-9-10(2)5-6-12(13)14/h5-9,11H,4H2,1-3H3,(H,15,16). The van der Waals surface area contributed by atoms with Gasteiger partial charge in [0.2, 0.25) is 0 Å². The van der Waals surface area contributed by atoms with Crippen molar-refractivity contribution in [1.29, 1.82) is 0 Å². The lowest BCUT2D eigenvalue weighted by atomic mass is 10.1. The van der Waals surface area contributed by atoms with Gasteiger partial charge in [-0.2, -0.15) is 0 Å². The summed E-state index contributed by atoms with van der Waals surface area (Å²) in [7, 11) is 0. The summed E-state index contributed by atoms with van der Waals surface area (Å²) in [6.07, 6.45) is 2.99. The first kappa shape index (κ1) is 10.9. The summed E-state index contributed by atoms with van der Waals surface area (Å²) in [6, 6.07) is 8.93. The van der Waals surface area contributed by atoms with Crippen LogP contribution < -0.4 is 5.32 Å². The fraction of sp³-hybridized carbons (Fsp3) is 0.357. The maximum absolute atomic E-state index is 4.40. The largest absolute Gasteiger partial charge is 0.382 e. The van der Waals surface area contributed by atoms with Gasteiger partial charge >= 0.3 is 0 Å². The quantitative estimate of drug-likeness (QED) is 0.841. The van der Waals surface area contributed by atoms with Crippen molar-refractivity contribution < 1.29 is 0 Å². The summed E-state index contributed by atoms with van der Waals surface area (Å²) in [5.41, 5.74) is 3.49. The Bertz CT molecular complexity index is 491. The summed E-state index contributed by atoms with van der Waals surface area (Å²) < 4.78 is 0. The van der Waals surface area contributed by atoms with Crippen LogP contribution in [0.3, 0.4) is 0 Å². The summed E-state index contributed by atoms with van der Waals surface area (Å²) in [5.74, 6) is 0. The van der Waals surface area contributed by atoms with Gasteiger partial charge in [0.1, 0.15) is 0 Å². The first-order valence-electron chi connectivity index (χ1n) is 5.82. The highest BCUT2D eigenvalue weighted by Gasteiger charge is 2.04. The third-order valence-corrected chi connectivity index (χ3v) is 2.91. The van der Waals surface area contributed by atoms with E-state index in [9.17, 15) is 0 Å². The third kappa shape index (κ3) is 2.16. The van der Waals surface area contributed by atoms with Crippen LogP contribution in [0.25, 0.3) is 10.9 Å². The van der Waals surface area contributed by atoms with E-state index >= 15 is 0 Å². The summed E-state index contributed by atoms with van der Waals surface area (Å²) in [5, 5.41) is 4.72. The zero-order valence-electron chi connectivity index (χ0n) is 10.1. The van der Waals surface area contributed by atoms with E-state index in [1.807, 2.05) is 12.3 Å². The van der Waals surface area contributed by atoms with Crippen LogP contribution in [0.15, 0.2) is 30.5 Å². The zero-order valence-corrected chi connectivity index (χ0v) is 10.1. The smallest absolute Gasteiger partial charge is 0.0725 e. The maximum Gasteiger partial charge on any atom is 0.0725 e. The molecule has 1 unspecified atom stereocenters. The molecule has 2 nitrogen and oxygen atoms in total. The Morgan fingerprint density at radius 1 is 1.31 bits per heavy atom. The Labute approximate surface area is 96.7 Å². The van der Waals surface area contributed by atoms with E-state index in [4.69, 9.17) is 0 Å². The lowest BCUT2D eigenvalue weighted by molar-refractivity contribution is 0.765. The molecule has 2 heteroatoms. The lowest BCUT2D eigenvalue weighted by Crippen LogP contribution is -2.13. The molecule has 0 spiro atoms. The first-order chi connectivity index (χ1) is 7.70. The topological polar surface area (TPSA) is 24.9 Å². The van der Waals surface area contributed by atoms with Gasteiger partial charge in [-0.05, 0) is 38.0 Å². The number of aromatic nitrogens is 1. The number of hydrogen-bond acceptors (Lipinski definition) is 2. The highest BCUT2D eigenvalue weighted by atomic mass is 14.9. The SMILES string of the molecule is CCC(C)Nc1ccnc2cc(C)ccc12. The van der Waals surface area contributed by atoms with Crippen LogP contribution in [0.2, 0.25) is 0 Å². The molecule has 0 aliphatic carbocycles. The van der Waals surface area contributed by atoms with Crippen molar-refractivity contribution in [2.45, 2.75) is 33.2 Å². The molecule has 1 aromatic carbocycles. The first-order valence-corrected chi connectivity index (χ1v) is 5.82. The summed E-state index contributed by atoms with van der Waals surface area (Å²) in [6.45, 7) is 6.47. The molecular weight excluding hydrogens is 196 g/mol. The van der Waals surface area contributed by atoms with Crippen molar-refractivity contribution in [1.82, 2.24) is 4.98 Å². The summed E-state index contributed by atoms with van der Waals surface area (Å²) >= 11 is 0. The third-order valence-electron chi connectivity index (χ3n) is 2.91. The number of rotatable bonds is 3. The normalized spacial score (nSPS) is 12.7. The molecule has 0 bridgehead atoms. The fourth-order valence-corrected chi connectivity index (χ4v) is 1.75. The molecule has 1 N–H and O–H groups in total. The van der Waals surface area contributed by atoms with Crippen LogP contribution in [0.4, 0.5) is 5.69 Å². The average molecular weight is 214 g/mol. The van der Waals surface area contributed by atoms with Gasteiger partial charge in [0.15, 0.2) is 0 Å². The minimum Gasteiger partial charge on any atom is -0.382 e. The minimum absolute atomic E-state index is 0.493. The molecule has 0 aliphatic rings. The molecule has 1 heterocycles. The number of anilines is 1. The Balaban J connectivity index is 2.45. The second-order valence-corrected chi connectivity index (χ2v) is 4.33. The molecule has 0 aliphatic heterocycles. The number of aryl methyl sites for hydroxylation is 1. The van der Waals surface area contributed by atoms with Crippen LogP contribution >= 0.6 is 0 Å². The number of benzene rings is 1. The summed E-state index contributed by atoms with van der Waals surface area (Å²) in [4.78, 5) is 4.40. The molecule has 0 fully saturated rings. The van der Waals surface area contributed by atoms with E-state index in [0.717, 1.165) is 11.9 Å². The van der Waals surface area contributed by atoms with Crippen LogP contribution in [-0.4, -0.2) is 11.0 Å². The van der Waals surface area contributed by atoms with Crippen LogP contribution in [0.1, 0.15) is 25.8 Å². The Hall–Kier alpha value is -1.57. The van der Waals surface area contributed by atoms with Crippen LogP contribution in [0.5, 0.6) is 0 Å². The van der Waals surface area contributed by atoms with E-state index in [0.29, 0.717) is 6.04 Å². The van der Waals surface area contributed by atoms with E-state index in [1.165, 1.54) is 16.6 Å². The molecule has 1 aromatic heterocycles. The van der Waals surface area contributed by atoms with Crippen LogP contribution in [-0.2, 0) is 0 Å². The average Bonchev–Trinajstić information content (AvgIpc) is 2.28. The van der Waals surface area contributed by atoms with Crippen molar-refractivity contribution in [3.05, 3.63) is 36.0 Å². The van der Waals surface area contributed by atoms with Gasteiger partial charge in [-0.15, -0.1) is 0 Å². The predicted molar refractivity (Wildman–Crippen MR) is 69.9 cm³/mol. The molecule has 0 amide bonds. The van der Waals surface area contributed by atoms with E-state index < -0.39 is 0 Å². The Kier molecular flexibility index (Phi) is 3.09. The number of fused-ring (bicyclic) bond motifs is 1. The minimum atomic E-state index is 0.493. The van der Waals surface area contributed by atoms with Gasteiger partial charge in [-0.25, -0.2) is 0 Å². The molecule has 0 saturated carbocycles. The van der Waals surface area contributed by atoms with E-state index in [-0.39, 0.29) is 0 Å². The van der Waals surface area contributed by atoms with Crippen molar-refractivity contribution >= 4 is 16.6 Å². The van der Waals surface area contributed by atoms with Crippen molar-refractivity contribution in [2.75, 3.05) is 5.32 Å². The van der Waals surface area contributed by atoms with Gasteiger partial charge in [0, 0.05) is 23.3 Å². The Morgan fingerprint density at radius 2 is 2.12 bits per heavy atom. The number of pyridine rings is 1. The number of hydrogen-bond donors (Lipinski definition) is 1. The predicted octanol–water partition coefficient (Wildman–Crippen LogP) is 3.75. The van der Waals surface area contributed by atoms with Gasteiger partial charge in [-0.1, -0.05) is 19.1 Å². The Morgan fingerprint density at radius 3 is 2.88 bits per heavy atom. The lowest BCUT2D eigenvalue weighted by Gasteiger charge is -2.14. The fourth-order valence-electron chi connectivity index (χ4n) is 1.75. The molecule has 16 heavy (non-hydrogen) atoms. The van der Waals surface area contributed by atoms with E-state index in [1.54, 1.807) is 0 Å². The molecule has 0 radical (unpaired) electrons. The van der Waals surface area contributed by atoms with Gasteiger partial charge in [-0.3, -0.25) is 4.98 Å². The highest BCUT2D eigenvalue weighted by Crippen LogP contribution is 2.23. The molecular formula is C14H18N2. The number of nitrogens with one attached hydrogen (secondary N) is 1. The van der Waals surface area contributed by atoms with Crippen LogP contribution in [0, 0.1) is 6.92 Å². The van der Waals surface area contributed by atoms with Crippen molar-refractivity contribution in [2.24, 2.45) is 0 Å². The van der Waals surface area contributed by atoms with Gasteiger partial charge in [0.05, 0.1) is 5.52 Å². The molecule has 84 valence electrons. The second-order valence-electron chi connectivity index (χ2n) is 4.33. The van der Waals surface area contributed by atoms with E-state index in [2.05, 4.69) is 49.3 Å². The monoisotopic (exact) mass is 214 g/mol. The molecule has 0 saturated heterocycles. The number of nitrogens with zero attached hydrogens (tertiary/aromatic N) is 1. The van der Waals surface area contributed by atoms with Gasteiger partial charge in [0.25, 0.3) is 0 Å². The molecule has 2 aromatic rings. The second kappa shape index (κ2) is 4.52. The molecule has 1 atom stereocenters.